The van der Waals surface area contributed by atoms with Gasteiger partial charge in [-0.15, -0.1) is 0 Å². The van der Waals surface area contributed by atoms with E-state index in [1.165, 1.54) is 6.26 Å². The van der Waals surface area contributed by atoms with Gasteiger partial charge in [-0.1, -0.05) is 5.16 Å². The first-order chi connectivity index (χ1) is 12.5. The van der Waals surface area contributed by atoms with Crippen LogP contribution < -0.4 is 5.73 Å². The SMILES string of the molecule is Cc1noc2nc(-c3ccco3)cc(C(=O)N3CCCC(C(N)=O)C3)c12. The summed E-state index contributed by atoms with van der Waals surface area (Å²) < 4.78 is 10.7. The summed E-state index contributed by atoms with van der Waals surface area (Å²) in [6.45, 7) is 2.66. The van der Waals surface area contributed by atoms with Crippen LogP contribution in [0.5, 0.6) is 0 Å². The van der Waals surface area contributed by atoms with Gasteiger partial charge in [-0.2, -0.15) is 0 Å². The predicted octanol–water partition coefficient (Wildman–Crippen LogP) is 2.13. The minimum atomic E-state index is -0.375. The van der Waals surface area contributed by atoms with Crippen LogP contribution in [0.2, 0.25) is 0 Å². The van der Waals surface area contributed by atoms with Crippen molar-refractivity contribution in [3.63, 3.8) is 0 Å². The van der Waals surface area contributed by atoms with Gasteiger partial charge in [0.05, 0.1) is 28.8 Å². The second-order valence-electron chi connectivity index (χ2n) is 6.47. The Labute approximate surface area is 148 Å². The highest BCUT2D eigenvalue weighted by atomic mass is 16.5. The van der Waals surface area contributed by atoms with Crippen LogP contribution in [0, 0.1) is 12.8 Å². The summed E-state index contributed by atoms with van der Waals surface area (Å²) in [7, 11) is 0. The van der Waals surface area contributed by atoms with Gasteiger partial charge < -0.3 is 19.6 Å². The largest absolute Gasteiger partial charge is 0.463 e. The van der Waals surface area contributed by atoms with Crippen LogP contribution in [0.25, 0.3) is 22.6 Å². The zero-order chi connectivity index (χ0) is 18.3. The maximum Gasteiger partial charge on any atom is 0.259 e. The fraction of sp³-hybridized carbons (Fsp3) is 0.333. The average molecular weight is 354 g/mol. The third-order valence-corrected chi connectivity index (χ3v) is 4.73. The molecule has 1 atom stereocenters. The van der Waals surface area contributed by atoms with Crippen molar-refractivity contribution in [1.82, 2.24) is 15.0 Å². The van der Waals surface area contributed by atoms with Crippen LogP contribution in [0.3, 0.4) is 0 Å². The summed E-state index contributed by atoms with van der Waals surface area (Å²) in [5, 5.41) is 4.51. The Morgan fingerprint density at radius 1 is 1.38 bits per heavy atom. The van der Waals surface area contributed by atoms with Crippen LogP contribution >= 0.6 is 0 Å². The average Bonchev–Trinajstić information content (AvgIpc) is 3.31. The molecule has 3 aromatic heterocycles. The molecule has 1 saturated heterocycles. The number of carbonyl (C=O) groups is 2. The number of primary amides is 1. The second kappa shape index (κ2) is 6.29. The first-order valence-electron chi connectivity index (χ1n) is 8.44. The van der Waals surface area contributed by atoms with Crippen molar-refractivity contribution in [3.8, 4) is 11.5 Å². The molecule has 8 nitrogen and oxygen atoms in total. The number of aryl methyl sites for hydroxylation is 1. The molecule has 4 rings (SSSR count). The van der Waals surface area contributed by atoms with E-state index in [0.717, 1.165) is 6.42 Å². The van der Waals surface area contributed by atoms with E-state index < -0.39 is 0 Å². The van der Waals surface area contributed by atoms with Gasteiger partial charge in [-0.05, 0) is 38.0 Å². The topological polar surface area (TPSA) is 115 Å². The van der Waals surface area contributed by atoms with E-state index in [1.807, 2.05) is 0 Å². The van der Waals surface area contributed by atoms with Gasteiger partial charge in [-0.25, -0.2) is 4.98 Å². The van der Waals surface area contributed by atoms with Crippen molar-refractivity contribution in [2.75, 3.05) is 13.1 Å². The third-order valence-electron chi connectivity index (χ3n) is 4.73. The summed E-state index contributed by atoms with van der Waals surface area (Å²) in [6, 6.07) is 5.19. The Bertz CT molecular complexity index is 977. The molecule has 1 unspecified atom stereocenters. The maximum atomic E-state index is 13.2. The molecule has 0 aromatic carbocycles. The molecule has 0 saturated carbocycles. The number of carbonyl (C=O) groups excluding carboxylic acids is 2. The number of likely N-dealkylation sites (tertiary alicyclic amines) is 1. The number of amides is 2. The molecule has 1 fully saturated rings. The standard InChI is InChI=1S/C18H18N4O4/c1-10-15-12(18(24)22-6-2-4-11(9-22)16(19)23)8-13(14-5-3-7-25-14)20-17(15)26-21-10/h3,5,7-8,11H,2,4,6,9H2,1H3,(H2,19,23). The quantitative estimate of drug-likeness (QED) is 0.770. The lowest BCUT2D eigenvalue weighted by Gasteiger charge is -2.31. The van der Waals surface area contributed by atoms with E-state index in [4.69, 9.17) is 14.7 Å². The Balaban J connectivity index is 1.78. The molecule has 3 aromatic rings. The normalized spacial score (nSPS) is 17.6. The number of rotatable bonds is 3. The van der Waals surface area contributed by atoms with Crippen LogP contribution in [-0.4, -0.2) is 39.9 Å². The van der Waals surface area contributed by atoms with Crippen LogP contribution in [0.4, 0.5) is 0 Å². The highest BCUT2D eigenvalue weighted by Gasteiger charge is 2.30. The monoisotopic (exact) mass is 354 g/mol. The van der Waals surface area contributed by atoms with E-state index in [0.29, 0.717) is 47.6 Å². The molecular weight excluding hydrogens is 336 g/mol. The van der Waals surface area contributed by atoms with E-state index >= 15 is 0 Å². The number of nitrogens with two attached hydrogens (primary N) is 1. The van der Waals surface area contributed by atoms with Crippen molar-refractivity contribution in [2.24, 2.45) is 11.7 Å². The number of hydrogen-bond donors (Lipinski definition) is 1. The molecule has 2 N–H and O–H groups in total. The van der Waals surface area contributed by atoms with Gasteiger partial charge in [0.15, 0.2) is 5.76 Å². The van der Waals surface area contributed by atoms with E-state index in [2.05, 4.69) is 10.1 Å². The van der Waals surface area contributed by atoms with E-state index in [9.17, 15) is 9.59 Å². The molecule has 1 aliphatic heterocycles. The Morgan fingerprint density at radius 2 is 2.23 bits per heavy atom. The predicted molar refractivity (Wildman–Crippen MR) is 92.1 cm³/mol. The number of fused-ring (bicyclic) bond motifs is 1. The Morgan fingerprint density at radius 3 is 2.96 bits per heavy atom. The van der Waals surface area contributed by atoms with Crippen LogP contribution in [0.1, 0.15) is 28.9 Å². The molecule has 1 aliphatic rings. The van der Waals surface area contributed by atoms with Crippen molar-refractivity contribution < 1.29 is 18.5 Å². The molecule has 2 amide bonds. The summed E-state index contributed by atoms with van der Waals surface area (Å²) in [6.07, 6.45) is 2.98. The smallest absolute Gasteiger partial charge is 0.259 e. The summed E-state index contributed by atoms with van der Waals surface area (Å²) >= 11 is 0. The molecular formula is C18H18N4O4. The number of nitrogens with zero attached hydrogens (tertiary/aromatic N) is 3. The highest BCUT2D eigenvalue weighted by Crippen LogP contribution is 2.29. The minimum Gasteiger partial charge on any atom is -0.463 e. The molecule has 4 heterocycles. The fourth-order valence-electron chi connectivity index (χ4n) is 3.38. The molecule has 0 aliphatic carbocycles. The lowest BCUT2D eigenvalue weighted by Crippen LogP contribution is -2.44. The molecule has 0 spiro atoms. The summed E-state index contributed by atoms with van der Waals surface area (Å²) in [5.41, 5.74) is 7.23. The molecule has 0 radical (unpaired) electrons. The lowest BCUT2D eigenvalue weighted by atomic mass is 9.96. The zero-order valence-electron chi connectivity index (χ0n) is 14.3. The lowest BCUT2D eigenvalue weighted by molar-refractivity contribution is -0.123. The van der Waals surface area contributed by atoms with Gasteiger partial charge in [-0.3, -0.25) is 9.59 Å². The van der Waals surface area contributed by atoms with Crippen LogP contribution in [0.15, 0.2) is 33.4 Å². The number of pyridine rings is 1. The second-order valence-corrected chi connectivity index (χ2v) is 6.47. The first kappa shape index (κ1) is 16.3. The summed E-state index contributed by atoms with van der Waals surface area (Å²) in [4.78, 5) is 30.8. The van der Waals surface area contributed by atoms with Crippen molar-refractivity contribution in [1.29, 1.82) is 0 Å². The van der Waals surface area contributed by atoms with Gasteiger partial charge in [0, 0.05) is 13.1 Å². The summed E-state index contributed by atoms with van der Waals surface area (Å²) in [5.74, 6) is -0.357. The number of aromatic nitrogens is 2. The third kappa shape index (κ3) is 2.73. The minimum absolute atomic E-state index is 0.192. The molecule has 26 heavy (non-hydrogen) atoms. The van der Waals surface area contributed by atoms with Crippen molar-refractivity contribution >= 4 is 22.9 Å². The van der Waals surface area contributed by atoms with Gasteiger partial charge in [0.25, 0.3) is 11.6 Å². The number of piperidine rings is 1. The Hall–Kier alpha value is -3.16. The van der Waals surface area contributed by atoms with E-state index in [-0.39, 0.29) is 23.4 Å². The maximum absolute atomic E-state index is 13.2. The van der Waals surface area contributed by atoms with Gasteiger partial charge >= 0.3 is 0 Å². The molecule has 0 bridgehead atoms. The van der Waals surface area contributed by atoms with E-state index in [1.54, 1.807) is 30.0 Å². The van der Waals surface area contributed by atoms with Gasteiger partial charge in [0.1, 0.15) is 5.69 Å². The number of hydrogen-bond acceptors (Lipinski definition) is 6. The highest BCUT2D eigenvalue weighted by molar-refractivity contribution is 6.07. The molecule has 8 heteroatoms. The van der Waals surface area contributed by atoms with Crippen molar-refractivity contribution in [3.05, 3.63) is 35.7 Å². The Kier molecular flexibility index (Phi) is 3.95. The fourth-order valence-corrected chi connectivity index (χ4v) is 3.38. The zero-order valence-corrected chi connectivity index (χ0v) is 14.3. The number of furan rings is 1. The van der Waals surface area contributed by atoms with Crippen LogP contribution in [-0.2, 0) is 4.79 Å². The van der Waals surface area contributed by atoms with Crippen molar-refractivity contribution in [2.45, 2.75) is 19.8 Å². The molecule has 134 valence electrons. The first-order valence-corrected chi connectivity index (χ1v) is 8.44. The van der Waals surface area contributed by atoms with Gasteiger partial charge in [0.2, 0.25) is 5.91 Å².